The monoisotopic (exact) mass is 362 g/mol. The third-order valence-corrected chi connectivity index (χ3v) is 3.60. The van der Waals surface area contributed by atoms with E-state index in [-0.39, 0.29) is 24.2 Å². The van der Waals surface area contributed by atoms with Gasteiger partial charge in [-0.05, 0) is 39.2 Å². The second kappa shape index (κ2) is 9.36. The minimum Gasteiger partial charge on any atom is -0.451 e. The van der Waals surface area contributed by atoms with E-state index in [1.165, 1.54) is 6.92 Å². The molecule has 0 spiro atoms. The summed E-state index contributed by atoms with van der Waals surface area (Å²) in [7, 11) is 0. The second-order valence-corrected chi connectivity index (χ2v) is 7.77. The summed E-state index contributed by atoms with van der Waals surface area (Å²) in [6.07, 6.45) is -0.758. The van der Waals surface area contributed by atoms with Gasteiger partial charge in [-0.25, -0.2) is 4.79 Å². The molecule has 0 aliphatic heterocycles. The number of hydrogen-bond donors (Lipinski definition) is 2. The Bertz CT molecular complexity index is 620. The Morgan fingerprint density at radius 3 is 2.12 bits per heavy atom. The first-order valence-corrected chi connectivity index (χ1v) is 8.85. The molecule has 2 atom stereocenters. The Hall–Kier alpha value is -2.37. The molecule has 0 fully saturated rings. The zero-order valence-electron chi connectivity index (χ0n) is 16.5. The summed E-state index contributed by atoms with van der Waals surface area (Å²) >= 11 is 0. The van der Waals surface area contributed by atoms with Crippen molar-refractivity contribution in [2.75, 3.05) is 0 Å². The molecule has 0 bridgehead atoms. The minimum atomic E-state index is -0.936. The van der Waals surface area contributed by atoms with Crippen molar-refractivity contribution >= 4 is 17.8 Å². The number of hydrogen-bond acceptors (Lipinski definition) is 4. The van der Waals surface area contributed by atoms with Gasteiger partial charge in [0.2, 0.25) is 5.91 Å². The summed E-state index contributed by atoms with van der Waals surface area (Å²) in [6, 6.07) is 8.47. The van der Waals surface area contributed by atoms with Gasteiger partial charge in [-0.3, -0.25) is 9.59 Å². The maximum Gasteiger partial charge on any atom is 0.329 e. The highest BCUT2D eigenvalue weighted by molar-refractivity contribution is 5.88. The van der Waals surface area contributed by atoms with Crippen molar-refractivity contribution in [3.8, 4) is 0 Å². The van der Waals surface area contributed by atoms with Crippen LogP contribution in [0.5, 0.6) is 0 Å². The number of carbonyl (C=O) groups is 3. The fraction of sp³-hybridized carbons (Fsp3) is 0.550. The normalized spacial score (nSPS) is 13.7. The Labute approximate surface area is 155 Å². The number of benzene rings is 1. The smallest absolute Gasteiger partial charge is 0.329 e. The van der Waals surface area contributed by atoms with Crippen molar-refractivity contribution in [3.63, 3.8) is 0 Å². The first-order chi connectivity index (χ1) is 12.0. The first-order valence-electron chi connectivity index (χ1n) is 8.85. The molecule has 26 heavy (non-hydrogen) atoms. The van der Waals surface area contributed by atoms with E-state index in [2.05, 4.69) is 10.6 Å². The molecule has 6 heteroatoms. The van der Waals surface area contributed by atoms with E-state index in [0.717, 1.165) is 5.56 Å². The van der Waals surface area contributed by atoms with E-state index in [0.29, 0.717) is 0 Å². The van der Waals surface area contributed by atoms with E-state index >= 15 is 0 Å². The van der Waals surface area contributed by atoms with Crippen molar-refractivity contribution in [2.45, 2.75) is 65.6 Å². The van der Waals surface area contributed by atoms with Crippen molar-refractivity contribution < 1.29 is 19.1 Å². The molecule has 0 aliphatic rings. The Balaban J connectivity index is 2.66. The molecule has 6 nitrogen and oxygen atoms in total. The highest BCUT2D eigenvalue weighted by Gasteiger charge is 2.29. The van der Waals surface area contributed by atoms with Crippen LogP contribution in [0.4, 0.5) is 0 Å². The summed E-state index contributed by atoms with van der Waals surface area (Å²) in [5.41, 5.74) is 0.442. The quantitative estimate of drug-likeness (QED) is 0.729. The molecule has 1 aromatic carbocycles. The maximum atomic E-state index is 12.4. The number of rotatable bonds is 7. The SMILES string of the molecule is CC(OC(=O)[C@@H](NC(=O)Cc1ccccc1)C(C)C)C(=O)NC(C)(C)C. The average Bonchev–Trinajstić information content (AvgIpc) is 2.51. The highest BCUT2D eigenvalue weighted by atomic mass is 16.5. The topological polar surface area (TPSA) is 84.5 Å². The van der Waals surface area contributed by atoms with Gasteiger partial charge in [0.05, 0.1) is 6.42 Å². The van der Waals surface area contributed by atoms with Crippen molar-refractivity contribution in [1.82, 2.24) is 10.6 Å². The molecule has 0 saturated carbocycles. The predicted octanol–water partition coefficient (Wildman–Crippen LogP) is 2.22. The largest absolute Gasteiger partial charge is 0.451 e. The second-order valence-electron chi connectivity index (χ2n) is 7.77. The van der Waals surface area contributed by atoms with Crippen LogP contribution in [0.25, 0.3) is 0 Å². The van der Waals surface area contributed by atoms with Crippen LogP contribution in [0.3, 0.4) is 0 Å². The number of amides is 2. The summed E-state index contributed by atoms with van der Waals surface area (Å²) in [5.74, 6) is -1.42. The molecule has 1 aromatic rings. The van der Waals surface area contributed by atoms with E-state index < -0.39 is 23.7 Å². The zero-order valence-corrected chi connectivity index (χ0v) is 16.5. The fourth-order valence-electron chi connectivity index (χ4n) is 2.28. The van der Waals surface area contributed by atoms with Crippen LogP contribution in [0.15, 0.2) is 30.3 Å². The molecule has 0 heterocycles. The van der Waals surface area contributed by atoms with Crippen LogP contribution >= 0.6 is 0 Å². The molecule has 1 rings (SSSR count). The third-order valence-electron chi connectivity index (χ3n) is 3.60. The lowest BCUT2D eigenvalue weighted by Gasteiger charge is -2.25. The average molecular weight is 362 g/mol. The molecule has 1 unspecified atom stereocenters. The number of ether oxygens (including phenoxy) is 1. The van der Waals surface area contributed by atoms with Gasteiger partial charge >= 0.3 is 5.97 Å². The summed E-state index contributed by atoms with van der Waals surface area (Å²) in [4.78, 5) is 36.8. The van der Waals surface area contributed by atoms with Crippen molar-refractivity contribution in [2.24, 2.45) is 5.92 Å². The van der Waals surface area contributed by atoms with Gasteiger partial charge in [0.15, 0.2) is 6.10 Å². The third kappa shape index (κ3) is 7.68. The maximum absolute atomic E-state index is 12.4. The van der Waals surface area contributed by atoms with E-state index in [4.69, 9.17) is 4.74 Å². The summed E-state index contributed by atoms with van der Waals surface area (Å²) in [5, 5.41) is 5.47. The van der Waals surface area contributed by atoms with Crippen molar-refractivity contribution in [1.29, 1.82) is 0 Å². The molecule has 0 radical (unpaired) electrons. The Kier molecular flexibility index (Phi) is 7.80. The van der Waals surface area contributed by atoms with E-state index in [1.807, 2.05) is 65.0 Å². The van der Waals surface area contributed by atoms with Gasteiger partial charge in [0, 0.05) is 5.54 Å². The van der Waals surface area contributed by atoms with Gasteiger partial charge in [-0.15, -0.1) is 0 Å². The van der Waals surface area contributed by atoms with Crippen LogP contribution in [-0.4, -0.2) is 35.5 Å². The molecule has 2 amide bonds. The van der Waals surface area contributed by atoms with Crippen LogP contribution < -0.4 is 10.6 Å². The zero-order chi connectivity index (χ0) is 19.9. The molecule has 0 aliphatic carbocycles. The van der Waals surface area contributed by atoms with Gasteiger partial charge in [-0.2, -0.15) is 0 Å². The number of nitrogens with one attached hydrogen (secondary N) is 2. The van der Waals surface area contributed by atoms with Gasteiger partial charge in [-0.1, -0.05) is 44.2 Å². The van der Waals surface area contributed by atoms with Crippen LogP contribution in [0, 0.1) is 5.92 Å². The predicted molar refractivity (Wildman–Crippen MR) is 100 cm³/mol. The van der Waals surface area contributed by atoms with E-state index in [9.17, 15) is 14.4 Å². The van der Waals surface area contributed by atoms with E-state index in [1.54, 1.807) is 0 Å². The standard InChI is InChI=1S/C20H30N2O4/c1-13(2)17(21-16(23)12-15-10-8-7-9-11-15)19(25)26-14(3)18(24)22-20(4,5)6/h7-11,13-14,17H,12H2,1-6H3,(H,21,23)(H,22,24)/t14?,17-/m0/s1. The lowest BCUT2D eigenvalue weighted by Crippen LogP contribution is -2.50. The molecule has 144 valence electrons. The molecule has 2 N–H and O–H groups in total. The fourth-order valence-corrected chi connectivity index (χ4v) is 2.28. The van der Waals surface area contributed by atoms with Gasteiger partial charge < -0.3 is 15.4 Å². The highest BCUT2D eigenvalue weighted by Crippen LogP contribution is 2.09. The summed E-state index contributed by atoms with van der Waals surface area (Å²) < 4.78 is 5.27. The van der Waals surface area contributed by atoms with Gasteiger partial charge in [0.1, 0.15) is 6.04 Å². The van der Waals surface area contributed by atoms with Crippen LogP contribution in [-0.2, 0) is 25.5 Å². The molecule has 0 aromatic heterocycles. The minimum absolute atomic E-state index is 0.167. The van der Waals surface area contributed by atoms with Crippen molar-refractivity contribution in [3.05, 3.63) is 35.9 Å². The lowest BCUT2D eigenvalue weighted by atomic mass is 10.0. The Morgan fingerprint density at radius 2 is 1.62 bits per heavy atom. The van der Waals surface area contributed by atoms with Crippen LogP contribution in [0.1, 0.15) is 47.1 Å². The number of carbonyl (C=O) groups excluding carboxylic acids is 3. The van der Waals surface area contributed by atoms with Gasteiger partial charge in [0.25, 0.3) is 5.91 Å². The summed E-state index contributed by atoms with van der Waals surface area (Å²) in [6.45, 7) is 10.7. The lowest BCUT2D eigenvalue weighted by molar-refractivity contribution is -0.159. The molecular weight excluding hydrogens is 332 g/mol. The molecular formula is C20H30N2O4. The first kappa shape index (κ1) is 21.7. The van der Waals surface area contributed by atoms with Crippen LogP contribution in [0.2, 0.25) is 0 Å². The molecule has 0 saturated heterocycles. The Morgan fingerprint density at radius 1 is 1.04 bits per heavy atom. The number of esters is 1.